The van der Waals surface area contributed by atoms with Crippen LogP contribution in [0.5, 0.6) is 0 Å². The van der Waals surface area contributed by atoms with Crippen molar-refractivity contribution in [2.45, 2.75) is 0 Å². The molecular formula is C11H12FNO2. The normalized spacial score (nSPS) is 9.73. The number of nitrogens with zero attached hydrogens (tertiary/aromatic N) is 1. The third kappa shape index (κ3) is 2.34. The van der Waals surface area contributed by atoms with Gasteiger partial charge in [-0.2, -0.15) is 0 Å². The number of para-hydroxylation sites is 1. The molecule has 0 aliphatic rings. The van der Waals surface area contributed by atoms with E-state index in [1.165, 1.54) is 23.1 Å². The summed E-state index contributed by atoms with van der Waals surface area (Å²) in [5.74, 6) is -1.68. The van der Waals surface area contributed by atoms with Gasteiger partial charge < -0.3 is 10.0 Å². The van der Waals surface area contributed by atoms with Gasteiger partial charge in [0.25, 0.3) is 0 Å². The quantitative estimate of drug-likeness (QED) is 0.772. The third-order valence-electron chi connectivity index (χ3n) is 2.00. The Bertz CT molecular complexity index is 390. The molecule has 0 aliphatic heterocycles. The highest BCUT2D eigenvalue weighted by atomic mass is 19.1. The second kappa shape index (κ2) is 4.59. The molecule has 0 amide bonds. The first-order valence-electron chi connectivity index (χ1n) is 4.41. The van der Waals surface area contributed by atoms with Crippen LogP contribution >= 0.6 is 0 Å². The first kappa shape index (κ1) is 11.2. The summed E-state index contributed by atoms with van der Waals surface area (Å²) in [6.07, 6.45) is 1.58. The molecule has 0 fully saturated rings. The summed E-state index contributed by atoms with van der Waals surface area (Å²) < 4.78 is 13.4. The van der Waals surface area contributed by atoms with Gasteiger partial charge in [-0.05, 0) is 12.1 Å². The maximum absolute atomic E-state index is 13.4. The summed E-state index contributed by atoms with van der Waals surface area (Å²) in [5.41, 5.74) is 0.0456. The second-order valence-electron chi connectivity index (χ2n) is 3.11. The summed E-state index contributed by atoms with van der Waals surface area (Å²) in [5, 5.41) is 8.89. The molecule has 0 saturated carbocycles. The van der Waals surface area contributed by atoms with E-state index in [0.29, 0.717) is 6.54 Å². The van der Waals surface area contributed by atoms with Gasteiger partial charge in [-0.1, -0.05) is 12.1 Å². The largest absolute Gasteiger partial charge is 0.478 e. The van der Waals surface area contributed by atoms with Crippen molar-refractivity contribution in [1.82, 2.24) is 0 Å². The molecular weight excluding hydrogens is 197 g/mol. The van der Waals surface area contributed by atoms with Crippen molar-refractivity contribution in [3.63, 3.8) is 0 Å². The van der Waals surface area contributed by atoms with Crippen molar-refractivity contribution in [3.8, 4) is 0 Å². The van der Waals surface area contributed by atoms with Gasteiger partial charge in [0.2, 0.25) is 0 Å². The van der Waals surface area contributed by atoms with Crippen LogP contribution in [0.1, 0.15) is 10.4 Å². The van der Waals surface area contributed by atoms with E-state index in [9.17, 15) is 9.18 Å². The number of carbonyl (C=O) groups is 1. The highest BCUT2D eigenvalue weighted by Crippen LogP contribution is 2.23. The van der Waals surface area contributed by atoms with Crippen LogP contribution < -0.4 is 4.90 Å². The zero-order valence-corrected chi connectivity index (χ0v) is 8.40. The van der Waals surface area contributed by atoms with E-state index >= 15 is 0 Å². The molecule has 0 bridgehead atoms. The van der Waals surface area contributed by atoms with Crippen molar-refractivity contribution in [3.05, 3.63) is 42.2 Å². The zero-order chi connectivity index (χ0) is 11.4. The highest BCUT2D eigenvalue weighted by molar-refractivity contribution is 5.94. The number of carboxylic acid groups (broad SMARTS) is 1. The van der Waals surface area contributed by atoms with Crippen LogP contribution in [0, 0.1) is 5.82 Å². The summed E-state index contributed by atoms with van der Waals surface area (Å²) in [6.45, 7) is 3.91. The van der Waals surface area contributed by atoms with E-state index in [4.69, 9.17) is 5.11 Å². The van der Waals surface area contributed by atoms with E-state index in [1.54, 1.807) is 13.1 Å². The molecule has 0 aliphatic carbocycles. The van der Waals surface area contributed by atoms with Crippen LogP contribution in [-0.2, 0) is 0 Å². The minimum Gasteiger partial charge on any atom is -0.478 e. The van der Waals surface area contributed by atoms with Gasteiger partial charge in [-0.25, -0.2) is 9.18 Å². The van der Waals surface area contributed by atoms with Gasteiger partial charge in [0.05, 0.1) is 11.3 Å². The summed E-state index contributed by atoms with van der Waals surface area (Å²) in [7, 11) is 1.62. The minimum atomic E-state index is -1.14. The summed E-state index contributed by atoms with van der Waals surface area (Å²) in [6, 6.07) is 3.99. The highest BCUT2D eigenvalue weighted by Gasteiger charge is 2.16. The van der Waals surface area contributed by atoms with Crippen LogP contribution in [0.25, 0.3) is 0 Å². The minimum absolute atomic E-state index is 0.0423. The average Bonchev–Trinajstić information content (AvgIpc) is 2.17. The fourth-order valence-corrected chi connectivity index (χ4v) is 1.36. The Hall–Kier alpha value is -1.84. The fourth-order valence-electron chi connectivity index (χ4n) is 1.36. The van der Waals surface area contributed by atoms with Gasteiger partial charge in [0, 0.05) is 13.6 Å². The molecule has 4 heteroatoms. The molecule has 0 heterocycles. The number of hydrogen-bond donors (Lipinski definition) is 1. The Morgan fingerprint density at radius 3 is 2.87 bits per heavy atom. The van der Waals surface area contributed by atoms with E-state index in [0.717, 1.165) is 0 Å². The number of carboxylic acids is 1. The standard InChI is InChI=1S/C11H12FNO2/c1-3-7-13(2)10-8(11(14)15)5-4-6-9(10)12/h3-6H,1,7H2,2H3,(H,14,15). The van der Waals surface area contributed by atoms with Gasteiger partial charge in [-0.3, -0.25) is 0 Å². The van der Waals surface area contributed by atoms with Gasteiger partial charge in [0.15, 0.2) is 0 Å². The Kier molecular flexibility index (Phi) is 3.44. The molecule has 0 atom stereocenters. The molecule has 0 spiro atoms. The molecule has 80 valence electrons. The number of likely N-dealkylation sites (N-methyl/N-ethyl adjacent to an activating group) is 1. The number of aromatic carboxylic acids is 1. The molecule has 15 heavy (non-hydrogen) atoms. The summed E-state index contributed by atoms with van der Waals surface area (Å²) >= 11 is 0. The Labute approximate surface area is 87.4 Å². The average molecular weight is 209 g/mol. The van der Waals surface area contributed by atoms with Crippen LogP contribution in [-0.4, -0.2) is 24.7 Å². The Morgan fingerprint density at radius 1 is 1.67 bits per heavy atom. The molecule has 0 radical (unpaired) electrons. The van der Waals surface area contributed by atoms with Crippen molar-refractivity contribution >= 4 is 11.7 Å². The fraction of sp³-hybridized carbons (Fsp3) is 0.182. The van der Waals surface area contributed by atoms with Gasteiger partial charge >= 0.3 is 5.97 Å². The summed E-state index contributed by atoms with van der Waals surface area (Å²) in [4.78, 5) is 12.4. The molecule has 1 aromatic rings. The lowest BCUT2D eigenvalue weighted by Crippen LogP contribution is -2.21. The first-order chi connectivity index (χ1) is 7.07. The lowest BCUT2D eigenvalue weighted by molar-refractivity contribution is 0.0697. The smallest absolute Gasteiger partial charge is 0.337 e. The second-order valence-corrected chi connectivity index (χ2v) is 3.11. The molecule has 0 unspecified atom stereocenters. The lowest BCUT2D eigenvalue weighted by Gasteiger charge is -2.19. The van der Waals surface area contributed by atoms with Crippen molar-refractivity contribution in [2.75, 3.05) is 18.5 Å². The predicted octanol–water partition coefficient (Wildman–Crippen LogP) is 2.15. The maximum Gasteiger partial charge on any atom is 0.337 e. The topological polar surface area (TPSA) is 40.5 Å². The third-order valence-corrected chi connectivity index (χ3v) is 2.00. The van der Waals surface area contributed by atoms with Crippen LogP contribution in [0.3, 0.4) is 0 Å². The van der Waals surface area contributed by atoms with Gasteiger partial charge in [-0.15, -0.1) is 6.58 Å². The van der Waals surface area contributed by atoms with E-state index in [1.807, 2.05) is 0 Å². The van der Waals surface area contributed by atoms with E-state index in [2.05, 4.69) is 6.58 Å². The van der Waals surface area contributed by atoms with Crippen LogP contribution in [0.4, 0.5) is 10.1 Å². The SMILES string of the molecule is C=CCN(C)c1c(F)cccc1C(=O)O. The maximum atomic E-state index is 13.4. The number of benzene rings is 1. The molecule has 1 rings (SSSR count). The lowest BCUT2D eigenvalue weighted by atomic mass is 10.1. The van der Waals surface area contributed by atoms with Crippen LogP contribution in [0.15, 0.2) is 30.9 Å². The number of halogens is 1. The first-order valence-corrected chi connectivity index (χ1v) is 4.41. The molecule has 0 saturated heterocycles. The molecule has 1 N–H and O–H groups in total. The number of anilines is 1. The van der Waals surface area contributed by atoms with E-state index < -0.39 is 11.8 Å². The number of rotatable bonds is 4. The number of hydrogen-bond acceptors (Lipinski definition) is 2. The Balaban J connectivity index is 3.23. The molecule has 1 aromatic carbocycles. The van der Waals surface area contributed by atoms with Crippen LogP contribution in [0.2, 0.25) is 0 Å². The van der Waals surface area contributed by atoms with E-state index in [-0.39, 0.29) is 11.3 Å². The van der Waals surface area contributed by atoms with Crippen molar-refractivity contribution in [2.24, 2.45) is 0 Å². The van der Waals surface area contributed by atoms with Gasteiger partial charge in [0.1, 0.15) is 5.82 Å². The predicted molar refractivity (Wildman–Crippen MR) is 56.8 cm³/mol. The van der Waals surface area contributed by atoms with Crippen molar-refractivity contribution in [1.29, 1.82) is 0 Å². The molecule has 0 aromatic heterocycles. The van der Waals surface area contributed by atoms with Crippen molar-refractivity contribution < 1.29 is 14.3 Å². The zero-order valence-electron chi connectivity index (χ0n) is 8.40. The Morgan fingerprint density at radius 2 is 2.33 bits per heavy atom. The molecule has 3 nitrogen and oxygen atoms in total. The monoisotopic (exact) mass is 209 g/mol.